The summed E-state index contributed by atoms with van der Waals surface area (Å²) in [5.74, 6) is -2.22. The number of aryl methyl sites for hydroxylation is 1. The summed E-state index contributed by atoms with van der Waals surface area (Å²) < 4.78 is 1.25. The number of nitrogens with zero attached hydrogens (tertiary/aromatic N) is 2. The number of nitrogens with one attached hydrogen (secondary N) is 1. The predicted octanol–water partition coefficient (Wildman–Crippen LogP) is 3.66. The zero-order valence-corrected chi connectivity index (χ0v) is 17.0. The summed E-state index contributed by atoms with van der Waals surface area (Å²) in [5.41, 5.74) is 0.572. The lowest BCUT2D eigenvalue weighted by Gasteiger charge is -2.15. The number of hydrogen-bond acceptors (Lipinski definition) is 5. The second-order valence-corrected chi connectivity index (χ2v) is 7.51. The van der Waals surface area contributed by atoms with Gasteiger partial charge in [-0.05, 0) is 62.5 Å². The maximum Gasteiger partial charge on any atom is 0.282 e. The van der Waals surface area contributed by atoms with Crippen molar-refractivity contribution in [3.63, 3.8) is 0 Å². The van der Waals surface area contributed by atoms with Gasteiger partial charge in [0.05, 0.1) is 16.2 Å². The highest BCUT2D eigenvalue weighted by atomic mass is 79.9. The second kappa shape index (κ2) is 7.20. The lowest BCUT2D eigenvalue weighted by atomic mass is 10.1. The van der Waals surface area contributed by atoms with Crippen LogP contribution in [0, 0.1) is 17.0 Å². The van der Waals surface area contributed by atoms with Crippen LogP contribution in [-0.4, -0.2) is 34.1 Å². The summed E-state index contributed by atoms with van der Waals surface area (Å²) in [6.45, 7) is 1.32. The van der Waals surface area contributed by atoms with Crippen molar-refractivity contribution in [2.75, 3.05) is 11.9 Å². The largest absolute Gasteiger partial charge is 0.323 e. The van der Waals surface area contributed by atoms with E-state index in [2.05, 4.69) is 37.2 Å². The molecule has 0 saturated carbocycles. The topological polar surface area (TPSA) is 110 Å². The highest BCUT2D eigenvalue weighted by molar-refractivity contribution is 9.11. The first-order chi connectivity index (χ1) is 12.7. The van der Waals surface area contributed by atoms with E-state index in [9.17, 15) is 24.5 Å². The number of nitro benzene ring substituents is 1. The monoisotopic (exact) mass is 495 g/mol. The molecule has 0 unspecified atom stereocenters. The Balaban J connectivity index is 1.84. The maximum absolute atomic E-state index is 12.5. The predicted molar refractivity (Wildman–Crippen MR) is 104 cm³/mol. The molecule has 0 aliphatic carbocycles. The van der Waals surface area contributed by atoms with Crippen molar-refractivity contribution in [1.82, 2.24) is 4.90 Å². The standard InChI is InChI=1S/C17H11Br2N3O5/c1-8-5-10(18)15(11(19)6-8)20-13(23)7-21-16(24)9-3-2-4-12(22(26)27)14(9)17(21)25/h2-6H,7H2,1H3,(H,20,23). The molecule has 27 heavy (non-hydrogen) atoms. The number of benzene rings is 2. The minimum Gasteiger partial charge on any atom is -0.323 e. The average Bonchev–Trinajstić information content (AvgIpc) is 2.83. The summed E-state index contributed by atoms with van der Waals surface area (Å²) in [6, 6.07) is 7.39. The van der Waals surface area contributed by atoms with Crippen molar-refractivity contribution in [3.05, 3.63) is 66.1 Å². The number of carbonyl (C=O) groups is 3. The fourth-order valence-electron chi connectivity index (χ4n) is 2.75. The molecule has 1 N–H and O–H groups in total. The van der Waals surface area contributed by atoms with Gasteiger partial charge >= 0.3 is 0 Å². The molecule has 0 saturated heterocycles. The fraction of sp³-hybridized carbons (Fsp3) is 0.118. The Morgan fingerprint density at radius 2 is 1.81 bits per heavy atom. The van der Waals surface area contributed by atoms with Crippen molar-refractivity contribution >= 4 is 61.0 Å². The summed E-state index contributed by atoms with van der Waals surface area (Å²) in [6.07, 6.45) is 0. The quantitative estimate of drug-likeness (QED) is 0.394. The van der Waals surface area contributed by atoms with E-state index in [0.717, 1.165) is 11.6 Å². The number of imide groups is 1. The number of anilines is 1. The molecule has 1 aliphatic rings. The van der Waals surface area contributed by atoms with Crippen LogP contribution in [0.15, 0.2) is 39.3 Å². The molecule has 10 heteroatoms. The summed E-state index contributed by atoms with van der Waals surface area (Å²) >= 11 is 6.69. The Morgan fingerprint density at radius 3 is 2.41 bits per heavy atom. The fourth-order valence-corrected chi connectivity index (χ4v) is 4.37. The van der Waals surface area contributed by atoms with Gasteiger partial charge in [0.15, 0.2) is 0 Å². The van der Waals surface area contributed by atoms with Gasteiger partial charge in [0.1, 0.15) is 12.1 Å². The van der Waals surface area contributed by atoms with Gasteiger partial charge in [0.2, 0.25) is 5.91 Å². The molecule has 1 aliphatic heterocycles. The summed E-state index contributed by atoms with van der Waals surface area (Å²) in [7, 11) is 0. The molecule has 0 spiro atoms. The molecule has 2 aromatic carbocycles. The molecule has 0 fully saturated rings. The van der Waals surface area contributed by atoms with Crippen molar-refractivity contribution in [3.8, 4) is 0 Å². The molecule has 2 aromatic rings. The third-order valence-electron chi connectivity index (χ3n) is 3.93. The van der Waals surface area contributed by atoms with Crippen molar-refractivity contribution in [2.24, 2.45) is 0 Å². The number of fused-ring (bicyclic) bond motifs is 1. The van der Waals surface area contributed by atoms with Gasteiger partial charge in [0, 0.05) is 15.0 Å². The molecule has 138 valence electrons. The Bertz CT molecular complexity index is 999. The molecule has 0 atom stereocenters. The first-order valence-electron chi connectivity index (χ1n) is 7.59. The van der Waals surface area contributed by atoms with E-state index in [4.69, 9.17) is 0 Å². The van der Waals surface area contributed by atoms with Gasteiger partial charge in [-0.1, -0.05) is 6.07 Å². The maximum atomic E-state index is 12.5. The lowest BCUT2D eigenvalue weighted by Crippen LogP contribution is -2.37. The Kier molecular flexibility index (Phi) is 5.11. The Morgan fingerprint density at radius 1 is 1.19 bits per heavy atom. The van der Waals surface area contributed by atoms with Gasteiger partial charge < -0.3 is 5.32 Å². The van der Waals surface area contributed by atoms with E-state index in [-0.39, 0.29) is 11.1 Å². The second-order valence-electron chi connectivity index (χ2n) is 5.81. The summed E-state index contributed by atoms with van der Waals surface area (Å²) in [4.78, 5) is 48.4. The van der Waals surface area contributed by atoms with Crippen LogP contribution in [0.5, 0.6) is 0 Å². The minimum atomic E-state index is -0.862. The Hall–Kier alpha value is -2.59. The number of amides is 3. The van der Waals surface area contributed by atoms with Crippen molar-refractivity contribution in [2.45, 2.75) is 6.92 Å². The molecule has 0 bridgehead atoms. The van der Waals surface area contributed by atoms with Crippen LogP contribution >= 0.6 is 31.9 Å². The number of carbonyl (C=O) groups excluding carboxylic acids is 3. The number of rotatable bonds is 4. The van der Waals surface area contributed by atoms with Gasteiger partial charge in [-0.25, -0.2) is 0 Å². The average molecular weight is 497 g/mol. The van der Waals surface area contributed by atoms with Crippen LogP contribution in [-0.2, 0) is 4.79 Å². The van der Waals surface area contributed by atoms with Crippen LogP contribution in [0.25, 0.3) is 0 Å². The van der Waals surface area contributed by atoms with Gasteiger partial charge in [-0.15, -0.1) is 0 Å². The number of hydrogen-bond donors (Lipinski definition) is 1. The smallest absolute Gasteiger partial charge is 0.282 e. The lowest BCUT2D eigenvalue weighted by molar-refractivity contribution is -0.385. The zero-order valence-electron chi connectivity index (χ0n) is 13.8. The molecule has 3 amide bonds. The number of nitro groups is 1. The molecular formula is C17H11Br2N3O5. The highest BCUT2D eigenvalue weighted by Crippen LogP contribution is 2.33. The van der Waals surface area contributed by atoms with Crippen LogP contribution < -0.4 is 5.32 Å². The first-order valence-corrected chi connectivity index (χ1v) is 9.18. The van der Waals surface area contributed by atoms with E-state index >= 15 is 0 Å². The van der Waals surface area contributed by atoms with Crippen LogP contribution in [0.1, 0.15) is 26.3 Å². The van der Waals surface area contributed by atoms with E-state index in [1.807, 2.05) is 6.92 Å². The van der Waals surface area contributed by atoms with Gasteiger partial charge in [0.25, 0.3) is 17.5 Å². The third-order valence-corrected chi connectivity index (χ3v) is 5.18. The van der Waals surface area contributed by atoms with E-state index in [0.29, 0.717) is 19.5 Å². The SMILES string of the molecule is Cc1cc(Br)c(NC(=O)CN2C(=O)c3cccc([N+](=O)[O-])c3C2=O)c(Br)c1. The molecule has 0 aromatic heterocycles. The van der Waals surface area contributed by atoms with Gasteiger partial charge in [-0.3, -0.25) is 29.4 Å². The van der Waals surface area contributed by atoms with Crippen LogP contribution in [0.4, 0.5) is 11.4 Å². The Labute approximate surface area is 169 Å². The first kappa shape index (κ1) is 19.2. The van der Waals surface area contributed by atoms with E-state index in [1.165, 1.54) is 12.1 Å². The molecule has 0 radical (unpaired) electrons. The highest BCUT2D eigenvalue weighted by Gasteiger charge is 2.41. The minimum absolute atomic E-state index is 0.0836. The molecule has 1 heterocycles. The molecular weight excluding hydrogens is 486 g/mol. The van der Waals surface area contributed by atoms with Gasteiger partial charge in [-0.2, -0.15) is 0 Å². The number of halogens is 2. The molecule has 8 nitrogen and oxygen atoms in total. The van der Waals surface area contributed by atoms with Crippen molar-refractivity contribution in [1.29, 1.82) is 0 Å². The normalized spacial score (nSPS) is 12.9. The third kappa shape index (κ3) is 3.50. The summed E-state index contributed by atoms with van der Waals surface area (Å²) in [5, 5.41) is 13.7. The molecule has 3 rings (SSSR count). The van der Waals surface area contributed by atoms with Crippen LogP contribution in [0.3, 0.4) is 0 Å². The van der Waals surface area contributed by atoms with E-state index in [1.54, 1.807) is 12.1 Å². The van der Waals surface area contributed by atoms with Crippen LogP contribution in [0.2, 0.25) is 0 Å². The zero-order chi connectivity index (χ0) is 19.9. The van der Waals surface area contributed by atoms with E-state index < -0.39 is 34.9 Å². The van der Waals surface area contributed by atoms with Crippen molar-refractivity contribution < 1.29 is 19.3 Å².